The minimum absolute atomic E-state index is 0.0697. The first-order valence-electron chi connectivity index (χ1n) is 9.29. The first-order chi connectivity index (χ1) is 13.7. The topological polar surface area (TPSA) is 52.8 Å². The molecule has 0 radical (unpaired) electrons. The molecule has 2 heterocycles. The molecular formula is C21H22N2O3S2. The van der Waals surface area contributed by atoms with Gasteiger partial charge in [-0.15, -0.1) is 0 Å². The van der Waals surface area contributed by atoms with Crippen LogP contribution in [0.5, 0.6) is 11.5 Å². The molecule has 2 aromatic carbocycles. The van der Waals surface area contributed by atoms with Crippen molar-refractivity contribution in [1.82, 2.24) is 4.57 Å². The predicted octanol–water partition coefficient (Wildman–Crippen LogP) is 4.15. The summed E-state index contributed by atoms with van der Waals surface area (Å²) in [6, 6.07) is 14.3. The number of aromatic nitrogens is 1. The quantitative estimate of drug-likeness (QED) is 0.569. The third-order valence-electron chi connectivity index (χ3n) is 4.48. The van der Waals surface area contributed by atoms with Crippen molar-refractivity contribution in [3.63, 3.8) is 0 Å². The van der Waals surface area contributed by atoms with E-state index in [1.807, 2.05) is 41.6 Å². The monoisotopic (exact) mass is 414 g/mol. The van der Waals surface area contributed by atoms with E-state index < -0.39 is 0 Å². The lowest BCUT2D eigenvalue weighted by Gasteiger charge is -2.18. The fourth-order valence-corrected chi connectivity index (χ4v) is 4.99. The first-order valence-corrected chi connectivity index (χ1v) is 11.3. The number of thioether (sulfide) groups is 1. The number of rotatable bonds is 6. The van der Waals surface area contributed by atoms with E-state index >= 15 is 0 Å². The third kappa shape index (κ3) is 4.42. The fourth-order valence-electron chi connectivity index (χ4n) is 3.02. The summed E-state index contributed by atoms with van der Waals surface area (Å²) < 4.78 is 14.3. The average Bonchev–Trinajstić information content (AvgIpc) is 3.01. The van der Waals surface area contributed by atoms with Gasteiger partial charge in [0.2, 0.25) is 5.91 Å². The molecule has 5 nitrogen and oxygen atoms in total. The van der Waals surface area contributed by atoms with Crippen molar-refractivity contribution in [2.75, 3.05) is 19.0 Å². The van der Waals surface area contributed by atoms with E-state index in [2.05, 4.69) is 29.3 Å². The van der Waals surface area contributed by atoms with Gasteiger partial charge in [-0.3, -0.25) is 4.79 Å². The van der Waals surface area contributed by atoms with Crippen LogP contribution in [0.2, 0.25) is 0 Å². The van der Waals surface area contributed by atoms with Crippen LogP contribution >= 0.6 is 23.1 Å². The summed E-state index contributed by atoms with van der Waals surface area (Å²) >= 11 is 3.35. The molecule has 0 bridgehead atoms. The maximum Gasteiger partial charge on any atom is 0.248 e. The molecule has 146 valence electrons. The smallest absolute Gasteiger partial charge is 0.248 e. The fraction of sp³-hybridized carbons (Fsp3) is 0.333. The summed E-state index contributed by atoms with van der Waals surface area (Å²) in [5.41, 5.74) is 2.32. The summed E-state index contributed by atoms with van der Waals surface area (Å²) in [6.07, 6.45) is 1.31. The molecule has 1 amide bonds. The Bertz CT molecular complexity index is 1040. The Hall–Kier alpha value is -2.25. The van der Waals surface area contributed by atoms with Crippen LogP contribution in [0.1, 0.15) is 18.4 Å². The summed E-state index contributed by atoms with van der Waals surface area (Å²) in [4.78, 5) is 17.3. The van der Waals surface area contributed by atoms with Gasteiger partial charge in [0.15, 0.2) is 16.3 Å². The lowest BCUT2D eigenvalue weighted by atomic mass is 10.2. The van der Waals surface area contributed by atoms with E-state index in [0.29, 0.717) is 24.4 Å². The number of nitrogens with zero attached hydrogens (tertiary/aromatic N) is 2. The van der Waals surface area contributed by atoms with Gasteiger partial charge in [0.05, 0.1) is 10.2 Å². The molecule has 0 N–H and O–H groups in total. The number of amides is 1. The van der Waals surface area contributed by atoms with Crippen molar-refractivity contribution in [2.45, 2.75) is 18.6 Å². The number of benzene rings is 2. The highest BCUT2D eigenvalue weighted by Crippen LogP contribution is 2.35. The number of fused-ring (bicyclic) bond motifs is 2. The van der Waals surface area contributed by atoms with E-state index in [-0.39, 0.29) is 5.91 Å². The molecule has 0 saturated heterocycles. The Balaban J connectivity index is 1.37. The van der Waals surface area contributed by atoms with Crippen molar-refractivity contribution < 1.29 is 14.3 Å². The van der Waals surface area contributed by atoms with Crippen molar-refractivity contribution in [1.29, 1.82) is 0 Å². The molecule has 0 aliphatic carbocycles. The van der Waals surface area contributed by atoms with Crippen molar-refractivity contribution in [3.05, 3.63) is 52.8 Å². The summed E-state index contributed by atoms with van der Waals surface area (Å²) in [5, 5.41) is 0. The molecular weight excluding hydrogens is 392 g/mol. The highest BCUT2D eigenvalue weighted by Gasteiger charge is 2.15. The van der Waals surface area contributed by atoms with Crippen LogP contribution < -0.4 is 14.3 Å². The molecule has 0 saturated carbocycles. The number of hydrogen-bond acceptors (Lipinski definition) is 5. The predicted molar refractivity (Wildman–Crippen MR) is 114 cm³/mol. The van der Waals surface area contributed by atoms with Crippen molar-refractivity contribution >= 4 is 39.2 Å². The lowest BCUT2D eigenvalue weighted by Crippen LogP contribution is -2.15. The van der Waals surface area contributed by atoms with Crippen LogP contribution in [-0.2, 0) is 17.6 Å². The van der Waals surface area contributed by atoms with Crippen LogP contribution in [0.4, 0.5) is 0 Å². The average molecular weight is 415 g/mol. The number of ether oxygens (including phenoxy) is 2. The minimum Gasteiger partial charge on any atom is -0.486 e. The van der Waals surface area contributed by atoms with Crippen molar-refractivity contribution in [2.24, 2.45) is 12.0 Å². The molecule has 1 aromatic heterocycles. The normalized spacial score (nSPS) is 13.8. The van der Waals surface area contributed by atoms with E-state index in [1.165, 1.54) is 16.9 Å². The molecule has 1 aliphatic heterocycles. The maximum absolute atomic E-state index is 12.3. The number of thiazole rings is 1. The van der Waals surface area contributed by atoms with Gasteiger partial charge in [0, 0.05) is 31.4 Å². The highest BCUT2D eigenvalue weighted by atomic mass is 32.2. The second kappa shape index (κ2) is 8.84. The molecule has 3 aromatic rings. The van der Waals surface area contributed by atoms with E-state index in [4.69, 9.17) is 9.47 Å². The van der Waals surface area contributed by atoms with Gasteiger partial charge in [0.25, 0.3) is 0 Å². The van der Waals surface area contributed by atoms with Crippen LogP contribution in [0.25, 0.3) is 10.2 Å². The van der Waals surface area contributed by atoms with Gasteiger partial charge in [-0.2, -0.15) is 16.8 Å². The molecule has 4 rings (SSSR count). The van der Waals surface area contributed by atoms with E-state index in [0.717, 1.165) is 39.6 Å². The maximum atomic E-state index is 12.3. The number of carbonyl (C=O) groups is 1. The lowest BCUT2D eigenvalue weighted by molar-refractivity contribution is -0.118. The molecule has 0 atom stereocenters. The summed E-state index contributed by atoms with van der Waals surface area (Å²) in [5.74, 6) is 3.37. The minimum atomic E-state index is -0.0697. The third-order valence-corrected chi connectivity index (χ3v) is 6.69. The summed E-state index contributed by atoms with van der Waals surface area (Å²) in [7, 11) is 1.93. The van der Waals surface area contributed by atoms with Crippen LogP contribution in [-0.4, -0.2) is 29.4 Å². The summed E-state index contributed by atoms with van der Waals surface area (Å²) in [6.45, 7) is 1.12. The molecule has 0 unspecified atom stereocenters. The molecule has 7 heteroatoms. The molecule has 0 fully saturated rings. The van der Waals surface area contributed by atoms with Gasteiger partial charge in [-0.25, -0.2) is 0 Å². The SMILES string of the molecule is Cn1c(=NC(=O)CCCSCc2ccccc2)sc2cc3c(cc21)OCCO3. The number of aryl methyl sites for hydroxylation is 1. The van der Waals surface area contributed by atoms with Gasteiger partial charge >= 0.3 is 0 Å². The van der Waals surface area contributed by atoms with Crippen molar-refractivity contribution in [3.8, 4) is 11.5 Å². The van der Waals surface area contributed by atoms with Gasteiger partial charge in [-0.05, 0) is 17.7 Å². The molecule has 1 aliphatic rings. The standard InChI is InChI=1S/C21H22N2O3S2/c1-23-16-12-17-18(26-10-9-25-17)13-19(16)28-21(23)22-20(24)8-5-11-27-14-15-6-3-2-4-7-15/h2-4,6-7,12-13H,5,8-11,14H2,1H3. The first kappa shape index (κ1) is 19.1. The Labute approximate surface area is 172 Å². The Morgan fingerprint density at radius 1 is 1.18 bits per heavy atom. The van der Waals surface area contributed by atoms with Crippen LogP contribution in [0.3, 0.4) is 0 Å². The Morgan fingerprint density at radius 2 is 1.93 bits per heavy atom. The highest BCUT2D eigenvalue weighted by molar-refractivity contribution is 7.98. The zero-order valence-electron chi connectivity index (χ0n) is 15.7. The zero-order chi connectivity index (χ0) is 19.3. The Morgan fingerprint density at radius 3 is 2.71 bits per heavy atom. The van der Waals surface area contributed by atoms with Crippen LogP contribution in [0.15, 0.2) is 47.5 Å². The number of hydrogen-bond donors (Lipinski definition) is 0. The second-order valence-corrected chi connectivity index (χ2v) is 8.67. The van der Waals surface area contributed by atoms with Gasteiger partial charge in [0.1, 0.15) is 13.2 Å². The molecule has 0 spiro atoms. The van der Waals surface area contributed by atoms with E-state index in [1.54, 1.807) is 0 Å². The van der Waals surface area contributed by atoms with E-state index in [9.17, 15) is 4.79 Å². The Kier molecular flexibility index (Phi) is 6.02. The zero-order valence-corrected chi connectivity index (χ0v) is 17.4. The van der Waals surface area contributed by atoms with Gasteiger partial charge < -0.3 is 14.0 Å². The largest absolute Gasteiger partial charge is 0.486 e. The van der Waals surface area contributed by atoms with Crippen LogP contribution in [0, 0.1) is 0 Å². The molecule has 28 heavy (non-hydrogen) atoms. The number of carbonyl (C=O) groups excluding carboxylic acids is 1. The van der Waals surface area contributed by atoms with Gasteiger partial charge in [-0.1, -0.05) is 41.7 Å². The second-order valence-electron chi connectivity index (χ2n) is 6.55.